The van der Waals surface area contributed by atoms with Gasteiger partial charge in [0, 0.05) is 12.0 Å². The van der Waals surface area contributed by atoms with Crippen LogP contribution < -0.4 is 0 Å². The maximum absolute atomic E-state index is 11.7. The fourth-order valence-corrected chi connectivity index (χ4v) is 7.29. The van der Waals surface area contributed by atoms with Gasteiger partial charge in [-0.15, -0.1) is 0 Å². The quantitative estimate of drug-likeness (QED) is 0.0634. The molecule has 2 saturated heterocycles. The molecule has 0 bridgehead atoms. The molecule has 8 heteroatoms. The van der Waals surface area contributed by atoms with Crippen LogP contribution in [-0.2, 0) is 19.0 Å². The summed E-state index contributed by atoms with van der Waals surface area (Å²) in [6.45, 7) is 4.07. The molecular formula is C37H66O8. The number of ether oxygens (including phenoxy) is 3. The van der Waals surface area contributed by atoms with Gasteiger partial charge >= 0.3 is 5.97 Å². The van der Waals surface area contributed by atoms with E-state index in [0.717, 1.165) is 57.8 Å². The molecule has 262 valence electrons. The number of aliphatic hydroxyl groups excluding tert-OH is 4. The Labute approximate surface area is 273 Å². The number of hydrogen-bond acceptors (Lipinski definition) is 8. The Morgan fingerprint density at radius 2 is 1.13 bits per heavy atom. The first kappa shape index (κ1) is 38.4. The maximum atomic E-state index is 11.7. The van der Waals surface area contributed by atoms with Gasteiger partial charge in [-0.3, -0.25) is 0 Å². The van der Waals surface area contributed by atoms with Crippen LogP contribution in [0.5, 0.6) is 0 Å². The third-order valence-electron chi connectivity index (χ3n) is 10.1. The fraction of sp³-hybridized carbons (Fsp3) is 0.919. The fourth-order valence-electron chi connectivity index (χ4n) is 7.29. The van der Waals surface area contributed by atoms with E-state index in [2.05, 4.69) is 6.92 Å². The van der Waals surface area contributed by atoms with Crippen LogP contribution in [0.1, 0.15) is 162 Å². The molecule has 45 heavy (non-hydrogen) atoms. The van der Waals surface area contributed by atoms with Crippen molar-refractivity contribution in [2.24, 2.45) is 0 Å². The smallest absolute Gasteiger partial charge is 0.334 e. The second-order valence-electron chi connectivity index (χ2n) is 14.2. The minimum absolute atomic E-state index is 0.00839. The molecule has 9 atom stereocenters. The molecule has 0 aromatic carbocycles. The minimum Gasteiger partial charge on any atom is -0.455 e. The first-order valence-corrected chi connectivity index (χ1v) is 18.7. The van der Waals surface area contributed by atoms with Crippen molar-refractivity contribution in [3.8, 4) is 0 Å². The van der Waals surface area contributed by atoms with Crippen molar-refractivity contribution < 1.29 is 39.4 Å². The van der Waals surface area contributed by atoms with Gasteiger partial charge in [-0.05, 0) is 70.8 Å². The molecule has 3 rings (SSSR count). The summed E-state index contributed by atoms with van der Waals surface area (Å²) in [6.07, 6.45) is 21.6. The highest BCUT2D eigenvalue weighted by atomic mass is 16.6. The largest absolute Gasteiger partial charge is 0.455 e. The van der Waals surface area contributed by atoms with Crippen LogP contribution >= 0.6 is 0 Å². The molecule has 3 aliphatic rings. The first-order chi connectivity index (χ1) is 21.8. The average Bonchev–Trinajstić information content (AvgIpc) is 3.77. The van der Waals surface area contributed by atoms with Gasteiger partial charge in [0.2, 0.25) is 0 Å². The van der Waals surface area contributed by atoms with Crippen molar-refractivity contribution in [2.75, 3.05) is 0 Å². The lowest BCUT2D eigenvalue weighted by molar-refractivity contribution is -0.139. The number of carbonyl (C=O) groups excluding carboxylic acids is 1. The highest BCUT2D eigenvalue weighted by Gasteiger charge is 2.40. The van der Waals surface area contributed by atoms with Crippen molar-refractivity contribution >= 4 is 5.97 Å². The summed E-state index contributed by atoms with van der Waals surface area (Å²) in [5.74, 6) is -0.323. The number of rotatable bonds is 25. The summed E-state index contributed by atoms with van der Waals surface area (Å²) >= 11 is 0. The highest BCUT2D eigenvalue weighted by Crippen LogP contribution is 2.34. The van der Waals surface area contributed by atoms with Crippen LogP contribution in [-0.4, -0.2) is 81.3 Å². The second kappa shape index (κ2) is 21.8. The van der Waals surface area contributed by atoms with E-state index < -0.39 is 24.4 Å². The molecule has 0 amide bonds. The van der Waals surface area contributed by atoms with E-state index in [-0.39, 0.29) is 36.5 Å². The molecule has 0 spiro atoms. The van der Waals surface area contributed by atoms with Gasteiger partial charge in [-0.1, -0.05) is 90.4 Å². The van der Waals surface area contributed by atoms with Crippen LogP contribution in [0.2, 0.25) is 0 Å². The van der Waals surface area contributed by atoms with Crippen molar-refractivity contribution in [3.05, 3.63) is 11.6 Å². The average molecular weight is 639 g/mol. The predicted molar refractivity (Wildman–Crippen MR) is 177 cm³/mol. The van der Waals surface area contributed by atoms with Crippen LogP contribution in [0, 0.1) is 0 Å². The van der Waals surface area contributed by atoms with Crippen molar-refractivity contribution in [1.29, 1.82) is 0 Å². The van der Waals surface area contributed by atoms with Crippen molar-refractivity contribution in [3.63, 3.8) is 0 Å². The second-order valence-corrected chi connectivity index (χ2v) is 14.2. The standard InChI is InChI=1S/C37H66O8/c1-3-4-5-6-7-8-9-10-11-15-18-31(40)33-21-23-35(44-33)36-24-22-34(45-36)32(41)20-19-29(38)16-13-12-14-17-30(39)26-28-25-27(2)43-37(28)42/h25,27,29-36,38-41H,3-24,26H2,1-2H3. The topological polar surface area (TPSA) is 126 Å². The Balaban J connectivity index is 1.18. The third-order valence-corrected chi connectivity index (χ3v) is 10.1. The van der Waals surface area contributed by atoms with Crippen LogP contribution in [0.15, 0.2) is 11.6 Å². The third kappa shape index (κ3) is 14.7. The van der Waals surface area contributed by atoms with Crippen molar-refractivity contribution in [2.45, 2.75) is 216 Å². The summed E-state index contributed by atoms with van der Waals surface area (Å²) in [5, 5.41) is 42.2. The van der Waals surface area contributed by atoms with Crippen LogP contribution in [0.3, 0.4) is 0 Å². The van der Waals surface area contributed by atoms with Gasteiger partial charge in [0.1, 0.15) is 6.10 Å². The molecule has 0 aromatic heterocycles. The number of carbonyl (C=O) groups is 1. The Morgan fingerprint density at radius 1 is 0.644 bits per heavy atom. The Hall–Kier alpha value is -1.03. The van der Waals surface area contributed by atoms with Crippen LogP contribution in [0.4, 0.5) is 0 Å². The van der Waals surface area contributed by atoms with E-state index in [4.69, 9.17) is 14.2 Å². The summed E-state index contributed by atoms with van der Waals surface area (Å²) in [6, 6.07) is 0. The van der Waals surface area contributed by atoms with Gasteiger partial charge < -0.3 is 34.6 Å². The number of aliphatic hydroxyl groups is 4. The minimum atomic E-state index is -0.599. The predicted octanol–water partition coefficient (Wildman–Crippen LogP) is 6.83. The normalized spacial score (nSPS) is 27.8. The molecule has 3 heterocycles. The lowest BCUT2D eigenvalue weighted by atomic mass is 9.98. The molecule has 8 nitrogen and oxygen atoms in total. The summed E-state index contributed by atoms with van der Waals surface area (Å²) in [7, 11) is 0. The molecule has 9 unspecified atom stereocenters. The lowest BCUT2D eigenvalue weighted by Gasteiger charge is -2.24. The molecular weight excluding hydrogens is 572 g/mol. The zero-order chi connectivity index (χ0) is 32.4. The van der Waals surface area contributed by atoms with Gasteiger partial charge in [0.05, 0.1) is 48.8 Å². The molecule has 3 aliphatic heterocycles. The monoisotopic (exact) mass is 638 g/mol. The van der Waals surface area contributed by atoms with Gasteiger partial charge in [0.15, 0.2) is 0 Å². The molecule has 4 N–H and O–H groups in total. The number of cyclic esters (lactones) is 1. The van der Waals surface area contributed by atoms with Crippen molar-refractivity contribution in [1.82, 2.24) is 0 Å². The Bertz CT molecular complexity index is 833. The zero-order valence-electron chi connectivity index (χ0n) is 28.5. The first-order valence-electron chi connectivity index (χ1n) is 18.7. The SMILES string of the molecule is CCCCCCCCCCCCC(O)C1CCC(C2CCC(C(O)CCC(O)CCCCCC(O)CC3=CC(C)OC3=O)O2)O1. The number of esters is 1. The number of hydrogen-bond donors (Lipinski definition) is 4. The van der Waals surface area contributed by atoms with E-state index in [9.17, 15) is 25.2 Å². The summed E-state index contributed by atoms with van der Waals surface area (Å²) in [5.41, 5.74) is 0.565. The van der Waals surface area contributed by atoms with E-state index in [1.807, 2.05) is 6.92 Å². The van der Waals surface area contributed by atoms with E-state index in [1.54, 1.807) is 6.08 Å². The molecule has 2 fully saturated rings. The summed E-state index contributed by atoms with van der Waals surface area (Å²) < 4.78 is 17.6. The summed E-state index contributed by atoms with van der Waals surface area (Å²) in [4.78, 5) is 11.7. The molecule has 0 aromatic rings. The number of unbranched alkanes of at least 4 members (excludes halogenated alkanes) is 11. The zero-order valence-corrected chi connectivity index (χ0v) is 28.5. The molecule has 0 radical (unpaired) electrons. The van der Waals surface area contributed by atoms with E-state index in [1.165, 1.54) is 57.8 Å². The maximum Gasteiger partial charge on any atom is 0.334 e. The van der Waals surface area contributed by atoms with Gasteiger partial charge in [-0.25, -0.2) is 4.79 Å². The van der Waals surface area contributed by atoms with Gasteiger partial charge in [-0.2, -0.15) is 0 Å². The van der Waals surface area contributed by atoms with Crippen LogP contribution in [0.25, 0.3) is 0 Å². The molecule has 0 saturated carbocycles. The Morgan fingerprint density at radius 3 is 1.69 bits per heavy atom. The van der Waals surface area contributed by atoms with Gasteiger partial charge in [0.25, 0.3) is 0 Å². The van der Waals surface area contributed by atoms with E-state index in [0.29, 0.717) is 37.7 Å². The van der Waals surface area contributed by atoms with E-state index >= 15 is 0 Å². The Kier molecular flexibility index (Phi) is 18.6. The lowest BCUT2D eigenvalue weighted by Crippen LogP contribution is -2.33. The highest BCUT2D eigenvalue weighted by molar-refractivity contribution is 5.90. The molecule has 0 aliphatic carbocycles.